The van der Waals surface area contributed by atoms with Crippen molar-refractivity contribution in [2.24, 2.45) is 0 Å². The van der Waals surface area contributed by atoms with Crippen molar-refractivity contribution in [3.05, 3.63) is 87.5 Å². The molecular formula is C31H33NO5. The molecule has 4 rings (SSSR count). The van der Waals surface area contributed by atoms with E-state index in [2.05, 4.69) is 24.3 Å². The van der Waals surface area contributed by atoms with Gasteiger partial charge in [-0.05, 0) is 80.5 Å². The molecular weight excluding hydrogens is 466 g/mol. The van der Waals surface area contributed by atoms with Crippen molar-refractivity contribution in [3.8, 4) is 11.1 Å². The maximum absolute atomic E-state index is 13.3. The molecule has 0 radical (unpaired) electrons. The summed E-state index contributed by atoms with van der Waals surface area (Å²) in [6.45, 7) is 10.8. The predicted octanol–water partition coefficient (Wildman–Crippen LogP) is 6.76. The van der Waals surface area contributed by atoms with Crippen LogP contribution in [0.2, 0.25) is 0 Å². The Labute approximate surface area is 218 Å². The number of ether oxygens (including phenoxy) is 2. The minimum atomic E-state index is -0.707. The highest BCUT2D eigenvalue weighted by atomic mass is 16.6. The highest BCUT2D eigenvalue weighted by molar-refractivity contribution is 6.02. The van der Waals surface area contributed by atoms with Crippen molar-refractivity contribution in [3.63, 3.8) is 0 Å². The van der Waals surface area contributed by atoms with E-state index in [4.69, 9.17) is 9.47 Å². The lowest BCUT2D eigenvalue weighted by Gasteiger charge is -2.27. The van der Waals surface area contributed by atoms with E-state index in [1.807, 2.05) is 24.3 Å². The van der Waals surface area contributed by atoms with Crippen LogP contribution in [0.15, 0.2) is 48.5 Å². The summed E-state index contributed by atoms with van der Waals surface area (Å²) in [4.78, 5) is 39.8. The van der Waals surface area contributed by atoms with Gasteiger partial charge < -0.3 is 9.47 Å². The second-order valence-corrected chi connectivity index (χ2v) is 10.5. The summed E-state index contributed by atoms with van der Waals surface area (Å²) in [6.07, 6.45) is 0.149. The van der Waals surface area contributed by atoms with E-state index >= 15 is 0 Å². The number of hydrogen-bond donors (Lipinski definition) is 0. The Bertz CT molecular complexity index is 1350. The molecule has 3 aromatic carbocycles. The Balaban J connectivity index is 1.65. The number of aldehydes is 1. The number of rotatable bonds is 5. The van der Waals surface area contributed by atoms with Crippen molar-refractivity contribution < 1.29 is 23.9 Å². The van der Waals surface area contributed by atoms with Gasteiger partial charge in [-0.3, -0.25) is 9.69 Å². The average Bonchev–Trinajstić information content (AvgIpc) is 3.15. The molecule has 0 heterocycles. The molecule has 6 heteroatoms. The van der Waals surface area contributed by atoms with Gasteiger partial charge in [-0.1, -0.05) is 48.5 Å². The summed E-state index contributed by atoms with van der Waals surface area (Å²) < 4.78 is 11.4. The molecule has 0 saturated carbocycles. The molecule has 6 nitrogen and oxygen atoms in total. The number of anilines is 1. The highest BCUT2D eigenvalue weighted by Gasteiger charge is 2.31. The lowest BCUT2D eigenvalue weighted by atomic mass is 9.91. The van der Waals surface area contributed by atoms with Gasteiger partial charge in [-0.15, -0.1) is 0 Å². The standard InChI is InChI=1S/C31H33NO5/c1-18-25(16-33)19(2)28(20(3)27(18)29(34)37-31(4,5)6)32(7)30(35)36-17-26-23-14-10-8-12-21(23)22-13-9-11-15-24(22)26/h8-16,26H,17H2,1-7H3. The molecule has 192 valence electrons. The zero-order valence-corrected chi connectivity index (χ0v) is 22.5. The van der Waals surface area contributed by atoms with Gasteiger partial charge >= 0.3 is 12.1 Å². The van der Waals surface area contributed by atoms with Crippen molar-refractivity contribution in [2.75, 3.05) is 18.6 Å². The number of amides is 1. The number of nitrogens with zero attached hydrogens (tertiary/aromatic N) is 1. The minimum Gasteiger partial charge on any atom is -0.456 e. The second kappa shape index (κ2) is 9.85. The van der Waals surface area contributed by atoms with Gasteiger partial charge in [0.25, 0.3) is 0 Å². The summed E-state index contributed by atoms with van der Waals surface area (Å²) in [6, 6.07) is 16.3. The first kappa shape index (κ1) is 26.1. The second-order valence-electron chi connectivity index (χ2n) is 10.5. The monoisotopic (exact) mass is 499 g/mol. The molecule has 37 heavy (non-hydrogen) atoms. The van der Waals surface area contributed by atoms with Gasteiger partial charge in [0, 0.05) is 18.5 Å². The topological polar surface area (TPSA) is 72.9 Å². The Morgan fingerprint density at radius 3 is 1.95 bits per heavy atom. The van der Waals surface area contributed by atoms with Gasteiger partial charge in [0.2, 0.25) is 0 Å². The first-order valence-electron chi connectivity index (χ1n) is 12.4. The third-order valence-electron chi connectivity index (χ3n) is 6.93. The summed E-state index contributed by atoms with van der Waals surface area (Å²) >= 11 is 0. The number of benzene rings is 3. The third-order valence-corrected chi connectivity index (χ3v) is 6.93. The highest BCUT2D eigenvalue weighted by Crippen LogP contribution is 2.44. The molecule has 0 aliphatic heterocycles. The van der Waals surface area contributed by atoms with Crippen LogP contribution in [-0.2, 0) is 9.47 Å². The summed E-state index contributed by atoms with van der Waals surface area (Å²) in [5, 5.41) is 0. The van der Waals surface area contributed by atoms with Gasteiger partial charge in [-0.2, -0.15) is 0 Å². The Kier molecular flexibility index (Phi) is 6.96. The first-order valence-corrected chi connectivity index (χ1v) is 12.4. The molecule has 0 bridgehead atoms. The molecule has 0 fully saturated rings. The molecule has 1 aliphatic carbocycles. The molecule has 0 atom stereocenters. The lowest BCUT2D eigenvalue weighted by Crippen LogP contribution is -2.31. The van der Waals surface area contributed by atoms with Crippen molar-refractivity contribution >= 4 is 24.0 Å². The lowest BCUT2D eigenvalue weighted by molar-refractivity contribution is 0.00678. The molecule has 0 spiro atoms. The number of hydrogen-bond acceptors (Lipinski definition) is 5. The fourth-order valence-corrected chi connectivity index (χ4v) is 5.32. The minimum absolute atomic E-state index is 0.0761. The van der Waals surface area contributed by atoms with E-state index in [1.165, 1.54) is 4.90 Å². The van der Waals surface area contributed by atoms with E-state index < -0.39 is 17.7 Å². The van der Waals surface area contributed by atoms with Gasteiger partial charge in [0.15, 0.2) is 6.29 Å². The fraction of sp³-hybridized carbons (Fsp3) is 0.323. The quantitative estimate of drug-likeness (QED) is 0.286. The summed E-state index contributed by atoms with van der Waals surface area (Å²) in [5.74, 6) is -0.611. The normalized spacial score (nSPS) is 12.5. The molecule has 0 unspecified atom stereocenters. The molecule has 3 aromatic rings. The average molecular weight is 500 g/mol. The largest absolute Gasteiger partial charge is 0.456 e. The fourth-order valence-electron chi connectivity index (χ4n) is 5.32. The molecule has 1 amide bonds. The Morgan fingerprint density at radius 2 is 1.43 bits per heavy atom. The van der Waals surface area contributed by atoms with Crippen LogP contribution in [0.5, 0.6) is 0 Å². The van der Waals surface area contributed by atoms with Crippen LogP contribution in [0.4, 0.5) is 10.5 Å². The molecule has 0 aromatic heterocycles. The number of fused-ring (bicyclic) bond motifs is 3. The molecule has 0 saturated heterocycles. The molecule has 0 N–H and O–H groups in total. The van der Waals surface area contributed by atoms with Crippen LogP contribution in [0.1, 0.15) is 75.2 Å². The van der Waals surface area contributed by atoms with Gasteiger partial charge in [0.1, 0.15) is 12.2 Å². The van der Waals surface area contributed by atoms with Gasteiger partial charge in [-0.25, -0.2) is 9.59 Å². The summed E-state index contributed by atoms with van der Waals surface area (Å²) in [5.41, 5.74) is 6.64. The number of carbonyl (C=O) groups excluding carboxylic acids is 3. The van der Waals surface area contributed by atoms with Crippen LogP contribution in [-0.4, -0.2) is 37.6 Å². The van der Waals surface area contributed by atoms with E-state index in [1.54, 1.807) is 48.6 Å². The van der Waals surface area contributed by atoms with Crippen LogP contribution in [0.25, 0.3) is 11.1 Å². The number of esters is 1. The van der Waals surface area contributed by atoms with Crippen LogP contribution in [0, 0.1) is 20.8 Å². The predicted molar refractivity (Wildman–Crippen MR) is 145 cm³/mol. The number of carbonyl (C=O) groups is 3. The smallest absolute Gasteiger partial charge is 0.414 e. The van der Waals surface area contributed by atoms with E-state index in [-0.39, 0.29) is 18.1 Å². The van der Waals surface area contributed by atoms with Crippen molar-refractivity contribution in [1.82, 2.24) is 0 Å². The van der Waals surface area contributed by atoms with E-state index in [9.17, 15) is 14.4 Å². The maximum Gasteiger partial charge on any atom is 0.414 e. The van der Waals surface area contributed by atoms with Crippen LogP contribution >= 0.6 is 0 Å². The first-order chi connectivity index (χ1) is 17.5. The van der Waals surface area contributed by atoms with Crippen molar-refractivity contribution in [1.29, 1.82) is 0 Å². The zero-order chi connectivity index (χ0) is 27.1. The van der Waals surface area contributed by atoms with E-state index in [0.29, 0.717) is 34.2 Å². The zero-order valence-electron chi connectivity index (χ0n) is 22.5. The van der Waals surface area contributed by atoms with Crippen molar-refractivity contribution in [2.45, 2.75) is 53.1 Å². The molecule has 1 aliphatic rings. The summed E-state index contributed by atoms with van der Waals surface area (Å²) in [7, 11) is 1.59. The third kappa shape index (κ3) is 4.76. The Hall–Kier alpha value is -3.93. The Morgan fingerprint density at radius 1 is 0.892 bits per heavy atom. The van der Waals surface area contributed by atoms with Gasteiger partial charge in [0.05, 0.1) is 11.3 Å². The van der Waals surface area contributed by atoms with Crippen LogP contribution in [0.3, 0.4) is 0 Å². The SMILES string of the molecule is Cc1c(C=O)c(C)c(N(C)C(=O)OCC2c3ccccc3-c3ccccc32)c(C)c1C(=O)OC(C)(C)C. The van der Waals surface area contributed by atoms with Crippen LogP contribution < -0.4 is 4.90 Å². The maximum atomic E-state index is 13.3. The van der Waals surface area contributed by atoms with E-state index in [0.717, 1.165) is 22.3 Å².